The lowest BCUT2D eigenvalue weighted by Crippen LogP contribution is -2.53. The van der Waals surface area contributed by atoms with Crippen LogP contribution < -0.4 is 5.32 Å². The van der Waals surface area contributed by atoms with Crippen LogP contribution in [0.15, 0.2) is 0 Å². The van der Waals surface area contributed by atoms with Gasteiger partial charge in [0.15, 0.2) is 0 Å². The van der Waals surface area contributed by atoms with Crippen molar-refractivity contribution in [1.82, 2.24) is 10.2 Å². The van der Waals surface area contributed by atoms with Gasteiger partial charge in [0, 0.05) is 25.7 Å². The largest absolute Gasteiger partial charge is 0.453 e. The minimum absolute atomic E-state index is 0.205. The fourth-order valence-electron chi connectivity index (χ4n) is 1.48. The van der Waals surface area contributed by atoms with Gasteiger partial charge in [-0.15, -0.1) is 0 Å². The van der Waals surface area contributed by atoms with E-state index >= 15 is 0 Å². The van der Waals surface area contributed by atoms with Crippen LogP contribution >= 0.6 is 0 Å². The topological polar surface area (TPSA) is 41.6 Å². The van der Waals surface area contributed by atoms with Gasteiger partial charge in [0.2, 0.25) is 0 Å². The van der Waals surface area contributed by atoms with E-state index in [1.165, 1.54) is 7.11 Å². The van der Waals surface area contributed by atoms with Crippen molar-refractivity contribution in [1.29, 1.82) is 0 Å². The summed E-state index contributed by atoms with van der Waals surface area (Å²) in [6.45, 7) is 4.58. The molecule has 0 aromatic heterocycles. The summed E-state index contributed by atoms with van der Waals surface area (Å²) in [6, 6.07) is 0.297. The zero-order chi connectivity index (χ0) is 8.97. The molecule has 0 aliphatic carbocycles. The molecular formula is C8H16N2O2. The molecule has 4 nitrogen and oxygen atoms in total. The summed E-state index contributed by atoms with van der Waals surface area (Å²) in [5.74, 6) is 0. The van der Waals surface area contributed by atoms with E-state index in [0.717, 1.165) is 26.1 Å². The molecule has 70 valence electrons. The first-order chi connectivity index (χ1) is 5.79. The van der Waals surface area contributed by atoms with Gasteiger partial charge in [0.25, 0.3) is 0 Å². The molecule has 1 atom stereocenters. The van der Waals surface area contributed by atoms with E-state index < -0.39 is 0 Å². The van der Waals surface area contributed by atoms with Crippen molar-refractivity contribution < 1.29 is 9.53 Å². The first kappa shape index (κ1) is 9.32. The Morgan fingerprint density at radius 3 is 3.08 bits per heavy atom. The average Bonchev–Trinajstić information content (AvgIpc) is 2.16. The predicted octanol–water partition coefficient (Wildman–Crippen LogP) is 0.437. The fourth-order valence-corrected chi connectivity index (χ4v) is 1.48. The smallest absolute Gasteiger partial charge is 0.409 e. The molecule has 0 bridgehead atoms. The molecule has 1 aliphatic heterocycles. The number of ether oxygens (including phenoxy) is 1. The summed E-state index contributed by atoms with van der Waals surface area (Å²) in [5.41, 5.74) is 0. The number of hydrogen-bond donors (Lipinski definition) is 1. The van der Waals surface area contributed by atoms with Gasteiger partial charge in [-0.25, -0.2) is 4.79 Å². The second-order valence-corrected chi connectivity index (χ2v) is 2.93. The SMILES string of the molecule is CCC1CNCCN1C(=O)OC. The van der Waals surface area contributed by atoms with Crippen LogP contribution in [0.3, 0.4) is 0 Å². The molecule has 0 radical (unpaired) electrons. The molecule has 1 N–H and O–H groups in total. The Balaban J connectivity index is 2.52. The molecule has 1 amide bonds. The molecule has 1 fully saturated rings. The van der Waals surface area contributed by atoms with Crippen molar-refractivity contribution in [2.75, 3.05) is 26.7 Å². The number of rotatable bonds is 1. The number of carbonyl (C=O) groups excluding carboxylic acids is 1. The standard InChI is InChI=1S/C8H16N2O2/c1-3-7-6-9-4-5-10(7)8(11)12-2/h7,9H,3-6H2,1-2H3. The third kappa shape index (κ3) is 1.88. The second kappa shape index (κ2) is 4.30. The molecule has 1 aliphatic rings. The summed E-state index contributed by atoms with van der Waals surface area (Å²) >= 11 is 0. The van der Waals surface area contributed by atoms with E-state index in [2.05, 4.69) is 17.0 Å². The van der Waals surface area contributed by atoms with Gasteiger partial charge in [-0.1, -0.05) is 6.92 Å². The number of hydrogen-bond acceptors (Lipinski definition) is 3. The maximum Gasteiger partial charge on any atom is 0.409 e. The predicted molar refractivity (Wildman–Crippen MR) is 46.1 cm³/mol. The molecule has 0 aromatic carbocycles. The van der Waals surface area contributed by atoms with E-state index in [0.29, 0.717) is 6.04 Å². The Kier molecular flexibility index (Phi) is 3.34. The number of nitrogens with zero attached hydrogens (tertiary/aromatic N) is 1. The Bertz CT molecular complexity index is 161. The molecule has 0 aromatic rings. The highest BCUT2D eigenvalue weighted by Gasteiger charge is 2.25. The Labute approximate surface area is 72.9 Å². The van der Waals surface area contributed by atoms with Gasteiger partial charge in [0.1, 0.15) is 0 Å². The highest BCUT2D eigenvalue weighted by molar-refractivity contribution is 5.68. The van der Waals surface area contributed by atoms with E-state index in [1.54, 1.807) is 4.90 Å². The van der Waals surface area contributed by atoms with Gasteiger partial charge >= 0.3 is 6.09 Å². The third-order valence-corrected chi connectivity index (χ3v) is 2.23. The third-order valence-electron chi connectivity index (χ3n) is 2.23. The van der Waals surface area contributed by atoms with Crippen molar-refractivity contribution in [3.05, 3.63) is 0 Å². The summed E-state index contributed by atoms with van der Waals surface area (Å²) in [4.78, 5) is 13.0. The van der Waals surface area contributed by atoms with E-state index in [9.17, 15) is 4.79 Å². The highest BCUT2D eigenvalue weighted by atomic mass is 16.5. The molecular weight excluding hydrogens is 156 g/mol. The van der Waals surface area contributed by atoms with Gasteiger partial charge in [0.05, 0.1) is 7.11 Å². The van der Waals surface area contributed by atoms with E-state index in [1.807, 2.05) is 0 Å². The number of nitrogens with one attached hydrogen (secondary N) is 1. The molecule has 1 heterocycles. The van der Waals surface area contributed by atoms with Crippen LogP contribution in [-0.2, 0) is 4.74 Å². The average molecular weight is 172 g/mol. The van der Waals surface area contributed by atoms with Crippen LogP contribution in [0, 0.1) is 0 Å². The minimum Gasteiger partial charge on any atom is -0.453 e. The quantitative estimate of drug-likeness (QED) is 0.624. The fraction of sp³-hybridized carbons (Fsp3) is 0.875. The normalized spacial score (nSPS) is 23.8. The maximum atomic E-state index is 11.2. The molecule has 1 unspecified atom stereocenters. The Morgan fingerprint density at radius 2 is 2.50 bits per heavy atom. The van der Waals surface area contributed by atoms with Crippen molar-refractivity contribution in [3.8, 4) is 0 Å². The van der Waals surface area contributed by atoms with Crippen LogP contribution in [-0.4, -0.2) is 43.8 Å². The van der Waals surface area contributed by atoms with Crippen LogP contribution in [0.2, 0.25) is 0 Å². The zero-order valence-corrected chi connectivity index (χ0v) is 7.67. The lowest BCUT2D eigenvalue weighted by atomic mass is 10.1. The Hall–Kier alpha value is -0.770. The number of piperazine rings is 1. The Morgan fingerprint density at radius 1 is 1.75 bits per heavy atom. The second-order valence-electron chi connectivity index (χ2n) is 2.93. The molecule has 1 saturated heterocycles. The number of methoxy groups -OCH3 is 1. The summed E-state index contributed by atoms with van der Waals surface area (Å²) in [7, 11) is 1.43. The highest BCUT2D eigenvalue weighted by Crippen LogP contribution is 2.07. The van der Waals surface area contributed by atoms with Gasteiger partial charge in [-0.3, -0.25) is 0 Å². The van der Waals surface area contributed by atoms with Gasteiger partial charge in [-0.2, -0.15) is 0 Å². The lowest BCUT2D eigenvalue weighted by molar-refractivity contribution is 0.0934. The van der Waals surface area contributed by atoms with E-state index in [4.69, 9.17) is 0 Å². The van der Waals surface area contributed by atoms with Crippen LogP contribution in [0.25, 0.3) is 0 Å². The monoisotopic (exact) mass is 172 g/mol. The summed E-state index contributed by atoms with van der Waals surface area (Å²) < 4.78 is 4.68. The van der Waals surface area contributed by atoms with Crippen molar-refractivity contribution >= 4 is 6.09 Å². The molecule has 12 heavy (non-hydrogen) atoms. The van der Waals surface area contributed by atoms with Crippen LogP contribution in [0.4, 0.5) is 4.79 Å². The van der Waals surface area contributed by atoms with Crippen LogP contribution in [0.1, 0.15) is 13.3 Å². The maximum absolute atomic E-state index is 11.2. The first-order valence-electron chi connectivity index (χ1n) is 4.35. The first-order valence-corrected chi connectivity index (χ1v) is 4.35. The summed E-state index contributed by atoms with van der Waals surface area (Å²) in [5, 5.41) is 3.25. The van der Waals surface area contributed by atoms with E-state index in [-0.39, 0.29) is 6.09 Å². The van der Waals surface area contributed by atoms with Crippen molar-refractivity contribution in [2.24, 2.45) is 0 Å². The van der Waals surface area contributed by atoms with Crippen LogP contribution in [0.5, 0.6) is 0 Å². The minimum atomic E-state index is -0.205. The summed E-state index contributed by atoms with van der Waals surface area (Å²) in [6.07, 6.45) is 0.769. The molecule has 0 spiro atoms. The van der Waals surface area contributed by atoms with Gasteiger partial charge in [-0.05, 0) is 6.42 Å². The molecule has 0 saturated carbocycles. The number of carbonyl (C=O) groups is 1. The van der Waals surface area contributed by atoms with Crippen molar-refractivity contribution in [2.45, 2.75) is 19.4 Å². The molecule has 4 heteroatoms. The van der Waals surface area contributed by atoms with Gasteiger partial charge < -0.3 is 15.0 Å². The zero-order valence-electron chi connectivity index (χ0n) is 7.67. The molecule has 1 rings (SSSR count). The van der Waals surface area contributed by atoms with Crippen molar-refractivity contribution in [3.63, 3.8) is 0 Å². The number of amides is 1. The lowest BCUT2D eigenvalue weighted by Gasteiger charge is -2.34.